The van der Waals surface area contributed by atoms with Gasteiger partial charge in [-0.05, 0) is 49.2 Å². The minimum absolute atomic E-state index is 0.132. The van der Waals surface area contributed by atoms with E-state index < -0.39 is 10.0 Å². The van der Waals surface area contributed by atoms with Gasteiger partial charge in [0.25, 0.3) is 10.0 Å². The number of rotatable bonds is 2. The quantitative estimate of drug-likeness (QED) is 0.692. The number of thiazole rings is 1. The van der Waals surface area contributed by atoms with Gasteiger partial charge in [-0.2, -0.15) is 8.42 Å². The summed E-state index contributed by atoms with van der Waals surface area (Å²) >= 11 is 7.19. The molecule has 0 spiro atoms. The maximum absolute atomic E-state index is 12.5. The maximum Gasteiger partial charge on any atom is 0.285 e. The van der Waals surface area contributed by atoms with Crippen LogP contribution in [0.4, 0.5) is 0 Å². The zero-order valence-corrected chi connectivity index (χ0v) is 15.3. The number of aromatic nitrogens is 1. The van der Waals surface area contributed by atoms with Crippen LogP contribution in [-0.4, -0.2) is 13.0 Å². The molecule has 4 nitrogen and oxygen atoms in total. The van der Waals surface area contributed by atoms with Gasteiger partial charge in [-0.1, -0.05) is 35.1 Å². The van der Waals surface area contributed by atoms with Gasteiger partial charge in [0, 0.05) is 12.1 Å². The van der Waals surface area contributed by atoms with Crippen LogP contribution < -0.4 is 4.80 Å². The summed E-state index contributed by atoms with van der Waals surface area (Å²) in [4.78, 5) is 0.583. The highest BCUT2D eigenvalue weighted by Gasteiger charge is 2.15. The number of fused-ring (bicyclic) bond motifs is 1. The third-order valence-corrected chi connectivity index (χ3v) is 6.57. The normalized spacial score (nSPS) is 13.0. The fourth-order valence-electron chi connectivity index (χ4n) is 2.41. The highest BCUT2D eigenvalue weighted by atomic mass is 35.5. The van der Waals surface area contributed by atoms with Crippen molar-refractivity contribution < 1.29 is 8.42 Å². The van der Waals surface area contributed by atoms with E-state index >= 15 is 0 Å². The minimum Gasteiger partial charge on any atom is -0.319 e. The Labute approximate surface area is 143 Å². The van der Waals surface area contributed by atoms with Crippen LogP contribution in [0.1, 0.15) is 11.1 Å². The molecular formula is C16H15ClN2O2S2. The third kappa shape index (κ3) is 2.94. The summed E-state index contributed by atoms with van der Waals surface area (Å²) in [5.74, 6) is 0. The molecule has 120 valence electrons. The fourth-order valence-corrected chi connectivity index (χ4v) is 4.93. The van der Waals surface area contributed by atoms with Crippen molar-refractivity contribution in [2.75, 3.05) is 0 Å². The van der Waals surface area contributed by atoms with E-state index in [9.17, 15) is 8.42 Å². The van der Waals surface area contributed by atoms with Gasteiger partial charge in [-0.3, -0.25) is 0 Å². The van der Waals surface area contributed by atoms with E-state index in [4.69, 9.17) is 11.6 Å². The molecule has 7 heteroatoms. The highest BCUT2D eigenvalue weighted by molar-refractivity contribution is 7.90. The molecule has 0 radical (unpaired) electrons. The minimum atomic E-state index is -3.77. The fraction of sp³-hybridized carbons (Fsp3) is 0.188. The molecule has 0 aliphatic heterocycles. The molecule has 0 saturated carbocycles. The van der Waals surface area contributed by atoms with Crippen LogP contribution in [0.25, 0.3) is 10.2 Å². The van der Waals surface area contributed by atoms with Gasteiger partial charge in [0.05, 0.1) is 15.1 Å². The van der Waals surface area contributed by atoms with Crippen molar-refractivity contribution in [2.45, 2.75) is 18.7 Å². The molecule has 0 fully saturated rings. The Bertz CT molecular complexity index is 1060. The lowest BCUT2D eigenvalue weighted by molar-refractivity contribution is 0.596. The largest absolute Gasteiger partial charge is 0.319 e. The van der Waals surface area contributed by atoms with Gasteiger partial charge in [-0.15, -0.1) is 4.40 Å². The zero-order valence-electron chi connectivity index (χ0n) is 12.9. The molecular weight excluding hydrogens is 352 g/mol. The molecule has 1 heterocycles. The molecule has 0 aliphatic rings. The Morgan fingerprint density at radius 2 is 1.65 bits per heavy atom. The summed E-state index contributed by atoms with van der Waals surface area (Å²) in [7, 11) is -1.94. The van der Waals surface area contributed by atoms with Crippen molar-refractivity contribution in [3.05, 3.63) is 57.3 Å². The molecule has 23 heavy (non-hydrogen) atoms. The number of sulfonamides is 1. The molecule has 0 amide bonds. The summed E-state index contributed by atoms with van der Waals surface area (Å²) in [5.41, 5.74) is 3.21. The van der Waals surface area contributed by atoms with Crippen LogP contribution in [0.2, 0.25) is 5.02 Å². The smallest absolute Gasteiger partial charge is 0.285 e. The molecule has 0 aliphatic carbocycles. The lowest BCUT2D eigenvalue weighted by atomic mass is 10.1. The number of hydrogen-bond donors (Lipinski definition) is 0. The predicted octanol–water partition coefficient (Wildman–Crippen LogP) is 3.80. The van der Waals surface area contributed by atoms with Gasteiger partial charge >= 0.3 is 0 Å². The van der Waals surface area contributed by atoms with Crippen molar-refractivity contribution in [1.82, 2.24) is 4.57 Å². The molecule has 0 bridgehead atoms. The SMILES string of the molecule is Cc1ccc(C)c2c1s/c(=N\S(=O)(=O)c1ccc(Cl)cc1)n2C. The van der Waals surface area contributed by atoms with E-state index in [-0.39, 0.29) is 4.90 Å². The molecule has 1 aromatic heterocycles. The summed E-state index contributed by atoms with van der Waals surface area (Å²) in [5, 5.41) is 0.489. The number of nitrogens with zero attached hydrogens (tertiary/aromatic N) is 2. The van der Waals surface area contributed by atoms with Crippen molar-refractivity contribution in [3.8, 4) is 0 Å². The standard InChI is InChI=1S/C16H15ClN2O2S2/c1-10-4-5-11(2)15-14(10)19(3)16(22-15)18-23(20,21)13-8-6-12(17)7-9-13/h4-9H,1-3H3/b18-16-. The highest BCUT2D eigenvalue weighted by Crippen LogP contribution is 2.24. The molecule has 0 unspecified atom stereocenters. The van der Waals surface area contributed by atoms with E-state index in [1.807, 2.05) is 37.6 Å². The monoisotopic (exact) mass is 366 g/mol. The third-order valence-electron chi connectivity index (χ3n) is 3.66. The van der Waals surface area contributed by atoms with Gasteiger partial charge in [0.15, 0.2) is 0 Å². The first-order valence-electron chi connectivity index (χ1n) is 6.92. The number of aryl methyl sites for hydroxylation is 3. The van der Waals surface area contributed by atoms with Crippen molar-refractivity contribution in [2.24, 2.45) is 11.4 Å². The van der Waals surface area contributed by atoms with Crippen LogP contribution >= 0.6 is 22.9 Å². The second kappa shape index (κ2) is 5.78. The Balaban J connectivity index is 2.26. The first kappa shape index (κ1) is 16.2. The summed E-state index contributed by atoms with van der Waals surface area (Å²) in [6.45, 7) is 4.02. The molecule has 0 atom stereocenters. The summed E-state index contributed by atoms with van der Waals surface area (Å²) in [6.07, 6.45) is 0. The Morgan fingerprint density at radius 3 is 2.26 bits per heavy atom. The Morgan fingerprint density at radius 1 is 1.04 bits per heavy atom. The lowest BCUT2D eigenvalue weighted by Gasteiger charge is -2.02. The summed E-state index contributed by atoms with van der Waals surface area (Å²) in [6, 6.07) is 10.1. The van der Waals surface area contributed by atoms with Crippen LogP contribution in [0, 0.1) is 13.8 Å². The Kier molecular flexibility index (Phi) is 4.08. The average molecular weight is 367 g/mol. The second-order valence-corrected chi connectivity index (χ2v) is 8.36. The van der Waals surface area contributed by atoms with E-state index in [0.717, 1.165) is 21.3 Å². The number of hydrogen-bond acceptors (Lipinski definition) is 3. The zero-order chi connectivity index (χ0) is 16.8. The van der Waals surface area contributed by atoms with Crippen molar-refractivity contribution >= 4 is 43.2 Å². The van der Waals surface area contributed by atoms with Gasteiger partial charge in [-0.25, -0.2) is 0 Å². The van der Waals surface area contributed by atoms with E-state index in [2.05, 4.69) is 4.40 Å². The predicted molar refractivity (Wildman–Crippen MR) is 94.5 cm³/mol. The van der Waals surface area contributed by atoms with Crippen LogP contribution in [0.3, 0.4) is 0 Å². The first-order valence-corrected chi connectivity index (χ1v) is 9.55. The van der Waals surface area contributed by atoms with Crippen LogP contribution in [-0.2, 0) is 17.1 Å². The van der Waals surface area contributed by atoms with Crippen LogP contribution in [0.5, 0.6) is 0 Å². The Hall–Kier alpha value is -1.63. The molecule has 0 saturated heterocycles. The summed E-state index contributed by atoms with van der Waals surface area (Å²) < 4.78 is 31.9. The van der Waals surface area contributed by atoms with Gasteiger partial charge in [0.2, 0.25) is 4.80 Å². The molecule has 2 aromatic carbocycles. The van der Waals surface area contributed by atoms with Crippen molar-refractivity contribution in [3.63, 3.8) is 0 Å². The average Bonchev–Trinajstić information content (AvgIpc) is 2.81. The number of halogens is 1. The first-order chi connectivity index (χ1) is 10.8. The van der Waals surface area contributed by atoms with Gasteiger partial charge < -0.3 is 4.57 Å². The van der Waals surface area contributed by atoms with Crippen LogP contribution in [0.15, 0.2) is 45.7 Å². The van der Waals surface area contributed by atoms with E-state index in [1.54, 1.807) is 12.1 Å². The van der Waals surface area contributed by atoms with E-state index in [0.29, 0.717) is 9.82 Å². The molecule has 3 rings (SSSR count). The second-order valence-electron chi connectivity index (χ2n) is 5.34. The maximum atomic E-state index is 12.5. The van der Waals surface area contributed by atoms with Crippen molar-refractivity contribution in [1.29, 1.82) is 0 Å². The topological polar surface area (TPSA) is 51.4 Å². The molecule has 3 aromatic rings. The molecule has 0 N–H and O–H groups in total. The van der Waals surface area contributed by atoms with E-state index in [1.165, 1.54) is 23.5 Å². The van der Waals surface area contributed by atoms with Gasteiger partial charge in [0.1, 0.15) is 0 Å². The lowest BCUT2D eigenvalue weighted by Crippen LogP contribution is -2.14. The number of benzene rings is 2.